The second-order valence-corrected chi connectivity index (χ2v) is 10.5. The van der Waals surface area contributed by atoms with E-state index in [-0.39, 0.29) is 5.56 Å². The highest BCUT2D eigenvalue weighted by molar-refractivity contribution is 6.09. The molecule has 0 bridgehead atoms. The Hall–Kier alpha value is -2.84. The van der Waals surface area contributed by atoms with E-state index >= 15 is 0 Å². The highest BCUT2D eigenvalue weighted by Crippen LogP contribution is 2.29. The Morgan fingerprint density at radius 1 is 1.08 bits per heavy atom. The van der Waals surface area contributed by atoms with E-state index in [4.69, 9.17) is 4.74 Å². The monoisotopic (exact) mass is 527 g/mol. The van der Waals surface area contributed by atoms with Gasteiger partial charge in [0, 0.05) is 6.54 Å². The van der Waals surface area contributed by atoms with E-state index in [1.165, 1.54) is 6.07 Å². The number of imide groups is 1. The third kappa shape index (κ3) is 6.97. The first-order chi connectivity index (χ1) is 18.3. The van der Waals surface area contributed by atoms with Crippen LogP contribution in [0.25, 0.3) is 11.1 Å². The van der Waals surface area contributed by atoms with Crippen LogP contribution in [0.1, 0.15) is 62.7 Å². The SMILES string of the molecule is CCC(F)(CC)CN1CCC(COc2ccc(-c3cccc(F)c3C(=O)NC(=O)[C@@H]3CCCN3)cc2)CC1. The molecule has 2 saturated heterocycles. The lowest BCUT2D eigenvalue weighted by Crippen LogP contribution is -2.44. The van der Waals surface area contributed by atoms with Crippen LogP contribution in [0, 0.1) is 11.7 Å². The van der Waals surface area contributed by atoms with E-state index in [2.05, 4.69) is 15.5 Å². The largest absolute Gasteiger partial charge is 0.493 e. The molecule has 0 spiro atoms. The normalized spacial score (nSPS) is 18.9. The number of hydrogen-bond donors (Lipinski definition) is 2. The highest BCUT2D eigenvalue weighted by Gasteiger charge is 2.30. The zero-order chi connectivity index (χ0) is 27.1. The van der Waals surface area contributed by atoms with Crippen molar-refractivity contribution in [3.63, 3.8) is 0 Å². The standard InChI is InChI=1S/C30H39F2N3O3/c1-3-30(32,4-2)20-35-17-14-21(15-18-35)19-38-23-12-10-22(11-13-23)24-7-5-8-25(31)27(24)29(37)34-28(36)26-9-6-16-33-26/h5,7-8,10-13,21,26,33H,3-4,6,9,14-20H2,1-2H3,(H,34,36,37)/t26-/m0/s1. The molecule has 2 amide bonds. The van der Waals surface area contributed by atoms with Crippen molar-refractivity contribution in [2.24, 2.45) is 5.92 Å². The third-order valence-corrected chi connectivity index (χ3v) is 7.99. The molecule has 0 radical (unpaired) electrons. The first-order valence-electron chi connectivity index (χ1n) is 13.8. The zero-order valence-electron chi connectivity index (χ0n) is 22.4. The van der Waals surface area contributed by atoms with Crippen molar-refractivity contribution in [3.8, 4) is 16.9 Å². The number of ether oxygens (including phenoxy) is 1. The summed E-state index contributed by atoms with van der Waals surface area (Å²) in [6.45, 7) is 7.39. The van der Waals surface area contributed by atoms with Crippen molar-refractivity contribution in [1.29, 1.82) is 0 Å². The summed E-state index contributed by atoms with van der Waals surface area (Å²) in [7, 11) is 0. The van der Waals surface area contributed by atoms with E-state index in [0.717, 1.165) is 38.9 Å². The molecule has 2 N–H and O–H groups in total. The summed E-state index contributed by atoms with van der Waals surface area (Å²) in [5.74, 6) is -0.751. The van der Waals surface area contributed by atoms with Gasteiger partial charge in [0.25, 0.3) is 5.91 Å². The van der Waals surface area contributed by atoms with Crippen LogP contribution in [0.2, 0.25) is 0 Å². The van der Waals surface area contributed by atoms with Crippen LogP contribution in [0.3, 0.4) is 0 Å². The fourth-order valence-corrected chi connectivity index (χ4v) is 5.30. The molecule has 6 nitrogen and oxygen atoms in total. The third-order valence-electron chi connectivity index (χ3n) is 7.99. The summed E-state index contributed by atoms with van der Waals surface area (Å²) in [5, 5.41) is 5.39. The van der Waals surface area contributed by atoms with Gasteiger partial charge in [-0.2, -0.15) is 0 Å². The highest BCUT2D eigenvalue weighted by atomic mass is 19.1. The Morgan fingerprint density at radius 3 is 2.42 bits per heavy atom. The summed E-state index contributed by atoms with van der Waals surface area (Å²) in [6, 6.07) is 11.2. The smallest absolute Gasteiger partial charge is 0.261 e. The Morgan fingerprint density at radius 2 is 1.79 bits per heavy atom. The number of rotatable bonds is 10. The van der Waals surface area contributed by atoms with Gasteiger partial charge < -0.3 is 15.0 Å². The molecule has 4 rings (SSSR count). The minimum atomic E-state index is -1.10. The molecule has 2 aromatic rings. The number of benzene rings is 2. The molecular formula is C30H39F2N3O3. The van der Waals surface area contributed by atoms with Crippen molar-refractivity contribution in [1.82, 2.24) is 15.5 Å². The van der Waals surface area contributed by atoms with Crippen LogP contribution < -0.4 is 15.4 Å². The van der Waals surface area contributed by atoms with Crippen molar-refractivity contribution in [3.05, 3.63) is 53.8 Å². The number of nitrogens with one attached hydrogen (secondary N) is 2. The average molecular weight is 528 g/mol. The second kappa shape index (κ2) is 12.8. The van der Waals surface area contributed by atoms with E-state index < -0.39 is 29.3 Å². The number of likely N-dealkylation sites (tertiary alicyclic amines) is 1. The molecule has 1 atom stereocenters. The molecule has 0 saturated carbocycles. The lowest BCUT2D eigenvalue weighted by molar-refractivity contribution is -0.121. The van der Waals surface area contributed by atoms with Gasteiger partial charge in [-0.1, -0.05) is 38.1 Å². The molecule has 8 heteroatoms. The van der Waals surface area contributed by atoms with E-state index in [1.807, 2.05) is 26.0 Å². The maximum Gasteiger partial charge on any atom is 0.261 e. The maximum absolute atomic E-state index is 14.7. The van der Waals surface area contributed by atoms with Gasteiger partial charge >= 0.3 is 0 Å². The molecule has 2 fully saturated rings. The zero-order valence-corrected chi connectivity index (χ0v) is 22.4. The molecule has 2 heterocycles. The summed E-state index contributed by atoms with van der Waals surface area (Å²) in [5.41, 5.74) is -0.182. The molecule has 0 aliphatic carbocycles. The van der Waals surface area contributed by atoms with Crippen LogP contribution in [-0.4, -0.2) is 61.2 Å². The average Bonchev–Trinajstić information content (AvgIpc) is 3.48. The number of hydrogen-bond acceptors (Lipinski definition) is 5. The lowest BCUT2D eigenvalue weighted by atomic mass is 9.94. The van der Waals surface area contributed by atoms with E-state index in [0.29, 0.717) is 55.2 Å². The lowest BCUT2D eigenvalue weighted by Gasteiger charge is -2.36. The Labute approximate surface area is 224 Å². The minimum absolute atomic E-state index is 0.150. The van der Waals surface area contributed by atoms with Gasteiger partial charge in [0.2, 0.25) is 5.91 Å². The first kappa shape index (κ1) is 28.2. The molecular weight excluding hydrogens is 488 g/mol. The van der Waals surface area contributed by atoms with Crippen LogP contribution in [0.15, 0.2) is 42.5 Å². The number of amides is 2. The number of nitrogens with zero attached hydrogens (tertiary/aromatic N) is 1. The number of carbonyl (C=O) groups is 2. The molecule has 2 aromatic carbocycles. The van der Waals surface area contributed by atoms with Gasteiger partial charge in [0.05, 0.1) is 18.2 Å². The number of alkyl halides is 1. The van der Waals surface area contributed by atoms with Gasteiger partial charge in [-0.15, -0.1) is 0 Å². The summed E-state index contributed by atoms with van der Waals surface area (Å²) in [4.78, 5) is 27.5. The predicted octanol–water partition coefficient (Wildman–Crippen LogP) is 5.12. The molecule has 206 valence electrons. The number of piperidine rings is 1. The van der Waals surface area contributed by atoms with Crippen LogP contribution in [0.4, 0.5) is 8.78 Å². The Kier molecular flexibility index (Phi) is 9.49. The Bertz CT molecular complexity index is 1090. The van der Waals surface area contributed by atoms with Crippen molar-refractivity contribution < 1.29 is 23.1 Å². The predicted molar refractivity (Wildman–Crippen MR) is 144 cm³/mol. The van der Waals surface area contributed by atoms with E-state index in [1.54, 1.807) is 24.3 Å². The fraction of sp³-hybridized carbons (Fsp3) is 0.533. The van der Waals surface area contributed by atoms with Crippen LogP contribution >= 0.6 is 0 Å². The number of halogens is 2. The summed E-state index contributed by atoms with van der Waals surface area (Å²) in [6.07, 6.45) is 4.54. The Balaban J connectivity index is 1.33. The van der Waals surface area contributed by atoms with Gasteiger partial charge in [-0.05, 0) is 93.4 Å². The van der Waals surface area contributed by atoms with Crippen LogP contribution in [-0.2, 0) is 4.79 Å². The molecule has 0 unspecified atom stereocenters. The van der Waals surface area contributed by atoms with E-state index in [9.17, 15) is 18.4 Å². The van der Waals surface area contributed by atoms with Gasteiger partial charge in [0.1, 0.15) is 17.2 Å². The molecule has 2 aliphatic rings. The summed E-state index contributed by atoms with van der Waals surface area (Å²) >= 11 is 0. The van der Waals surface area contributed by atoms with Crippen molar-refractivity contribution in [2.45, 2.75) is 64.1 Å². The van der Waals surface area contributed by atoms with Gasteiger partial charge in [-0.3, -0.25) is 14.9 Å². The molecule has 38 heavy (non-hydrogen) atoms. The first-order valence-corrected chi connectivity index (χ1v) is 13.8. The molecule has 0 aromatic heterocycles. The second-order valence-electron chi connectivity index (χ2n) is 10.5. The topological polar surface area (TPSA) is 70.7 Å². The van der Waals surface area contributed by atoms with Crippen molar-refractivity contribution >= 4 is 11.8 Å². The van der Waals surface area contributed by atoms with Gasteiger partial charge in [0.15, 0.2) is 0 Å². The van der Waals surface area contributed by atoms with Gasteiger partial charge in [-0.25, -0.2) is 8.78 Å². The molecule has 2 aliphatic heterocycles. The number of carbonyl (C=O) groups excluding carboxylic acids is 2. The summed E-state index contributed by atoms with van der Waals surface area (Å²) < 4.78 is 35.5. The maximum atomic E-state index is 14.7. The minimum Gasteiger partial charge on any atom is -0.493 e. The van der Waals surface area contributed by atoms with Crippen molar-refractivity contribution in [2.75, 3.05) is 32.8 Å². The fourth-order valence-electron chi connectivity index (χ4n) is 5.30. The quantitative estimate of drug-likeness (QED) is 0.420. The van der Waals surface area contributed by atoms with Crippen LogP contribution in [0.5, 0.6) is 5.75 Å².